The Labute approximate surface area is 150 Å². The van der Waals surface area contributed by atoms with Gasteiger partial charge in [-0.3, -0.25) is 4.79 Å². The molecule has 0 aromatic heterocycles. The average molecular weight is 367 g/mol. The highest BCUT2D eigenvalue weighted by molar-refractivity contribution is 6.01. The molecule has 26 heavy (non-hydrogen) atoms. The fraction of sp³-hybridized carbons (Fsp3) is 0.316. The predicted octanol–water partition coefficient (Wildman–Crippen LogP) is 4.48. The van der Waals surface area contributed by atoms with Crippen LogP contribution >= 0.6 is 0 Å². The lowest BCUT2D eigenvalue weighted by Crippen LogP contribution is -2.27. The molecule has 0 bridgehead atoms. The van der Waals surface area contributed by atoms with Crippen LogP contribution in [0.3, 0.4) is 0 Å². The van der Waals surface area contributed by atoms with E-state index >= 15 is 0 Å². The van der Waals surface area contributed by atoms with E-state index in [-0.39, 0.29) is 17.0 Å². The van der Waals surface area contributed by atoms with Gasteiger partial charge in [0.15, 0.2) is 11.5 Å². The highest BCUT2D eigenvalue weighted by Crippen LogP contribution is 2.37. The van der Waals surface area contributed by atoms with Crippen molar-refractivity contribution in [3.05, 3.63) is 47.5 Å². The molecule has 7 heteroatoms. The summed E-state index contributed by atoms with van der Waals surface area (Å²) in [6, 6.07) is 7.85. The summed E-state index contributed by atoms with van der Waals surface area (Å²) in [5.41, 5.74) is -0.0137. The Kier molecular flexibility index (Phi) is 5.79. The maximum Gasteiger partial charge on any atom is 0.416 e. The van der Waals surface area contributed by atoms with Gasteiger partial charge in [0.25, 0.3) is 5.91 Å². The molecule has 0 aliphatic heterocycles. The van der Waals surface area contributed by atoms with E-state index in [0.29, 0.717) is 23.6 Å². The van der Waals surface area contributed by atoms with Crippen LogP contribution in [-0.2, 0) is 6.18 Å². The molecule has 2 rings (SSSR count). The van der Waals surface area contributed by atoms with Crippen LogP contribution in [0.5, 0.6) is 11.5 Å². The monoisotopic (exact) mass is 367 g/mol. The van der Waals surface area contributed by atoms with Gasteiger partial charge in [-0.1, -0.05) is 6.07 Å². The zero-order valence-electron chi connectivity index (χ0n) is 15.0. The first-order valence-corrected chi connectivity index (χ1v) is 7.92. The number of rotatable bonds is 5. The second kappa shape index (κ2) is 7.68. The Balaban J connectivity index is 2.69. The van der Waals surface area contributed by atoms with Gasteiger partial charge in [0.2, 0.25) is 0 Å². The smallest absolute Gasteiger partial charge is 0.416 e. The Morgan fingerprint density at radius 2 is 1.69 bits per heavy atom. The Morgan fingerprint density at radius 1 is 1.04 bits per heavy atom. The number of methoxy groups -OCH3 is 2. The first kappa shape index (κ1) is 19.6. The Hall–Kier alpha value is -2.70. The minimum Gasteiger partial charge on any atom is -0.493 e. The second-order valence-corrected chi connectivity index (χ2v) is 5.65. The highest BCUT2D eigenvalue weighted by atomic mass is 19.4. The van der Waals surface area contributed by atoms with Crippen molar-refractivity contribution >= 4 is 5.91 Å². The van der Waals surface area contributed by atoms with Crippen molar-refractivity contribution in [2.24, 2.45) is 0 Å². The summed E-state index contributed by atoms with van der Waals surface area (Å²) in [5.74, 6) is 0.456. The van der Waals surface area contributed by atoms with Crippen molar-refractivity contribution in [3.8, 4) is 22.6 Å². The summed E-state index contributed by atoms with van der Waals surface area (Å²) in [4.78, 5) is 14.0. The minimum absolute atomic E-state index is 0.186. The zero-order chi connectivity index (χ0) is 19.5. The van der Waals surface area contributed by atoms with Crippen LogP contribution in [-0.4, -0.2) is 38.6 Å². The van der Waals surface area contributed by atoms with Crippen LogP contribution < -0.4 is 9.47 Å². The van der Waals surface area contributed by atoms with Crippen molar-refractivity contribution in [1.29, 1.82) is 0 Å². The second-order valence-electron chi connectivity index (χ2n) is 5.65. The molecule has 0 fully saturated rings. The van der Waals surface area contributed by atoms with Crippen molar-refractivity contribution in [2.75, 3.05) is 27.8 Å². The standard InChI is InChI=1S/C19H20F3NO3/c1-5-23(2)18(24)14-8-7-13(19(20,21)22)11-15(14)12-6-9-16(25-3)17(10-12)26-4/h6-11H,5H2,1-4H3. The molecule has 0 atom stereocenters. The molecule has 0 N–H and O–H groups in total. The van der Waals surface area contributed by atoms with E-state index in [1.165, 1.54) is 25.2 Å². The molecule has 0 saturated carbocycles. The number of halogens is 3. The van der Waals surface area contributed by atoms with Crippen LogP contribution in [0.15, 0.2) is 36.4 Å². The molecular formula is C19H20F3NO3. The molecule has 0 aliphatic rings. The van der Waals surface area contributed by atoms with E-state index in [1.54, 1.807) is 32.2 Å². The summed E-state index contributed by atoms with van der Waals surface area (Å²) < 4.78 is 49.9. The third-order valence-electron chi connectivity index (χ3n) is 4.09. The molecule has 0 spiro atoms. The van der Waals surface area contributed by atoms with Crippen molar-refractivity contribution in [1.82, 2.24) is 4.90 Å². The molecule has 1 amide bonds. The lowest BCUT2D eigenvalue weighted by atomic mass is 9.95. The van der Waals surface area contributed by atoms with Crippen LogP contribution in [0, 0.1) is 0 Å². The van der Waals surface area contributed by atoms with Crippen LogP contribution in [0.25, 0.3) is 11.1 Å². The number of hydrogen-bond donors (Lipinski definition) is 0. The summed E-state index contributed by atoms with van der Waals surface area (Å²) in [6.07, 6.45) is -4.51. The van der Waals surface area contributed by atoms with E-state index in [9.17, 15) is 18.0 Å². The van der Waals surface area contributed by atoms with Gasteiger partial charge in [0, 0.05) is 19.2 Å². The minimum atomic E-state index is -4.51. The van der Waals surface area contributed by atoms with Gasteiger partial charge in [-0.2, -0.15) is 13.2 Å². The van der Waals surface area contributed by atoms with E-state index in [2.05, 4.69) is 0 Å². The van der Waals surface area contributed by atoms with Gasteiger partial charge in [0.1, 0.15) is 0 Å². The summed E-state index contributed by atoms with van der Waals surface area (Å²) in [7, 11) is 4.50. The molecule has 2 aromatic rings. The van der Waals surface area contributed by atoms with E-state index < -0.39 is 11.7 Å². The predicted molar refractivity (Wildman–Crippen MR) is 92.6 cm³/mol. The first-order valence-electron chi connectivity index (χ1n) is 7.92. The lowest BCUT2D eigenvalue weighted by Gasteiger charge is -2.19. The van der Waals surface area contributed by atoms with E-state index in [0.717, 1.165) is 12.1 Å². The third-order valence-corrected chi connectivity index (χ3v) is 4.09. The molecule has 2 aromatic carbocycles. The molecule has 140 valence electrons. The zero-order valence-corrected chi connectivity index (χ0v) is 15.0. The number of carbonyl (C=O) groups is 1. The molecule has 0 aliphatic carbocycles. The number of carbonyl (C=O) groups excluding carboxylic acids is 1. The van der Waals surface area contributed by atoms with Crippen LogP contribution in [0.2, 0.25) is 0 Å². The molecule has 0 unspecified atom stereocenters. The topological polar surface area (TPSA) is 38.8 Å². The fourth-order valence-corrected chi connectivity index (χ4v) is 2.50. The third kappa shape index (κ3) is 3.92. The van der Waals surface area contributed by atoms with Crippen molar-refractivity contribution < 1.29 is 27.4 Å². The molecule has 4 nitrogen and oxygen atoms in total. The van der Waals surface area contributed by atoms with Crippen molar-refractivity contribution in [3.63, 3.8) is 0 Å². The molecule has 0 radical (unpaired) electrons. The van der Waals surface area contributed by atoms with Crippen molar-refractivity contribution in [2.45, 2.75) is 13.1 Å². The summed E-state index contributed by atoms with van der Waals surface area (Å²) in [5, 5.41) is 0. The fourth-order valence-electron chi connectivity index (χ4n) is 2.50. The highest BCUT2D eigenvalue weighted by Gasteiger charge is 2.32. The average Bonchev–Trinajstić information content (AvgIpc) is 2.64. The Morgan fingerprint density at radius 3 is 2.23 bits per heavy atom. The number of amides is 1. The first-order chi connectivity index (χ1) is 12.2. The van der Waals surface area contributed by atoms with Crippen LogP contribution in [0.1, 0.15) is 22.8 Å². The number of benzene rings is 2. The van der Waals surface area contributed by atoms with E-state index in [4.69, 9.17) is 9.47 Å². The van der Waals surface area contributed by atoms with Gasteiger partial charge in [0.05, 0.1) is 19.8 Å². The van der Waals surface area contributed by atoms with Gasteiger partial charge in [-0.15, -0.1) is 0 Å². The lowest BCUT2D eigenvalue weighted by molar-refractivity contribution is -0.137. The van der Waals surface area contributed by atoms with Gasteiger partial charge >= 0.3 is 6.18 Å². The maximum absolute atomic E-state index is 13.2. The largest absolute Gasteiger partial charge is 0.493 e. The van der Waals surface area contributed by atoms with Gasteiger partial charge in [-0.25, -0.2) is 0 Å². The van der Waals surface area contributed by atoms with Gasteiger partial charge in [-0.05, 0) is 48.4 Å². The molecule has 0 saturated heterocycles. The molecular weight excluding hydrogens is 347 g/mol. The number of alkyl halides is 3. The van der Waals surface area contributed by atoms with Gasteiger partial charge < -0.3 is 14.4 Å². The quantitative estimate of drug-likeness (QED) is 0.782. The number of ether oxygens (including phenoxy) is 2. The Bertz CT molecular complexity index is 803. The maximum atomic E-state index is 13.2. The normalized spacial score (nSPS) is 11.2. The van der Waals surface area contributed by atoms with Crippen LogP contribution in [0.4, 0.5) is 13.2 Å². The summed E-state index contributed by atoms with van der Waals surface area (Å²) >= 11 is 0. The number of hydrogen-bond acceptors (Lipinski definition) is 3. The SMILES string of the molecule is CCN(C)C(=O)c1ccc(C(F)(F)F)cc1-c1ccc(OC)c(OC)c1. The summed E-state index contributed by atoms with van der Waals surface area (Å²) in [6.45, 7) is 2.23. The van der Waals surface area contributed by atoms with E-state index in [1.807, 2.05) is 0 Å². The number of nitrogens with zero attached hydrogens (tertiary/aromatic N) is 1. The molecule has 0 heterocycles.